The third-order valence-electron chi connectivity index (χ3n) is 5.59. The van der Waals surface area contributed by atoms with Crippen LogP contribution in [0.25, 0.3) is 11.1 Å². The van der Waals surface area contributed by atoms with E-state index >= 15 is 0 Å². The molecule has 1 unspecified atom stereocenters. The number of carboxylic acid groups (broad SMARTS) is 1. The lowest BCUT2D eigenvalue weighted by Crippen LogP contribution is -2.45. The maximum atomic E-state index is 12.8. The molecule has 2 amide bonds. The van der Waals surface area contributed by atoms with E-state index in [0.29, 0.717) is 4.47 Å². The molecule has 0 aromatic heterocycles. The minimum absolute atomic E-state index is 0.0195. The highest BCUT2D eigenvalue weighted by molar-refractivity contribution is 9.10. The molecule has 180 valence electrons. The van der Waals surface area contributed by atoms with Crippen molar-refractivity contribution in [3.8, 4) is 11.1 Å². The van der Waals surface area contributed by atoms with Crippen molar-refractivity contribution in [3.05, 3.63) is 86.3 Å². The summed E-state index contributed by atoms with van der Waals surface area (Å²) in [6.45, 7) is 0.0195. The third kappa shape index (κ3) is 5.61. The second kappa shape index (κ2) is 10.7. The lowest BCUT2D eigenvalue weighted by Gasteiger charge is -2.19. The fraction of sp³-hybridized carbons (Fsp3) is 0.160. The van der Waals surface area contributed by atoms with Gasteiger partial charge in [0.25, 0.3) is 0 Å². The van der Waals surface area contributed by atoms with Gasteiger partial charge in [-0.1, -0.05) is 87.7 Å². The van der Waals surface area contributed by atoms with E-state index in [9.17, 15) is 19.5 Å². The number of amides is 2. The molecule has 4 rings (SSSR count). The molecule has 1 aliphatic carbocycles. The Morgan fingerprint density at radius 1 is 0.971 bits per heavy atom. The number of hydrogen-bond acceptors (Lipinski definition) is 4. The molecule has 0 saturated carbocycles. The summed E-state index contributed by atoms with van der Waals surface area (Å²) >= 11 is 15.5. The molecular formula is C25H19BrCl2N2O5. The number of nitrogens with one attached hydrogen (secondary N) is 2. The Balaban J connectivity index is 1.45. The van der Waals surface area contributed by atoms with Crippen molar-refractivity contribution >= 4 is 62.8 Å². The van der Waals surface area contributed by atoms with Gasteiger partial charge in [0, 0.05) is 10.4 Å². The lowest BCUT2D eigenvalue weighted by atomic mass is 9.98. The molecule has 10 heteroatoms. The lowest BCUT2D eigenvalue weighted by molar-refractivity contribution is -0.139. The number of hydrogen-bond donors (Lipinski definition) is 3. The Morgan fingerprint density at radius 3 is 2.06 bits per heavy atom. The van der Waals surface area contributed by atoms with Gasteiger partial charge in [0.1, 0.15) is 12.6 Å². The number of benzene rings is 3. The van der Waals surface area contributed by atoms with E-state index in [0.717, 1.165) is 22.3 Å². The summed E-state index contributed by atoms with van der Waals surface area (Å²) in [4.78, 5) is 36.7. The Labute approximate surface area is 219 Å². The first-order chi connectivity index (χ1) is 16.7. The minimum atomic E-state index is -1.42. The standard InChI is InChI=1S/C25H19BrCl2N2O5/c26-13-9-19(27)23(20(28)10-13)30-24(33)21(11-22(31)32)29-25(34)35-12-18-16-7-3-1-5-14(16)15-6-2-4-8-17(15)18/h1-10,18,21H,11-12H2,(H,29,34)(H,30,33)(H,31,32). The highest BCUT2D eigenvalue weighted by atomic mass is 79.9. The minimum Gasteiger partial charge on any atom is -0.481 e. The zero-order valence-corrected chi connectivity index (χ0v) is 21.2. The average molecular weight is 578 g/mol. The number of carbonyl (C=O) groups is 3. The van der Waals surface area contributed by atoms with E-state index in [-0.39, 0.29) is 28.3 Å². The van der Waals surface area contributed by atoms with E-state index in [1.54, 1.807) is 0 Å². The number of carboxylic acids is 1. The van der Waals surface area contributed by atoms with Gasteiger partial charge in [-0.25, -0.2) is 4.79 Å². The van der Waals surface area contributed by atoms with Crippen LogP contribution in [0.3, 0.4) is 0 Å². The highest BCUT2D eigenvalue weighted by Crippen LogP contribution is 2.44. The molecule has 0 radical (unpaired) electrons. The summed E-state index contributed by atoms with van der Waals surface area (Å²) in [6.07, 6.45) is -1.58. The quantitative estimate of drug-likeness (QED) is 0.316. The largest absolute Gasteiger partial charge is 0.481 e. The first-order valence-electron chi connectivity index (χ1n) is 10.5. The summed E-state index contributed by atoms with van der Waals surface area (Å²) < 4.78 is 6.04. The van der Waals surface area contributed by atoms with Gasteiger partial charge in [-0.15, -0.1) is 0 Å². The van der Waals surface area contributed by atoms with Crippen molar-refractivity contribution in [1.82, 2.24) is 5.32 Å². The Bertz CT molecular complexity index is 1250. The number of rotatable bonds is 7. The van der Waals surface area contributed by atoms with Crippen LogP contribution in [0.1, 0.15) is 23.5 Å². The van der Waals surface area contributed by atoms with Crippen LogP contribution in [0.4, 0.5) is 10.5 Å². The summed E-state index contributed by atoms with van der Waals surface area (Å²) in [5, 5.41) is 14.4. The molecule has 0 spiro atoms. The van der Waals surface area contributed by atoms with Crippen LogP contribution in [0, 0.1) is 0 Å². The van der Waals surface area contributed by atoms with Gasteiger partial charge in [0.05, 0.1) is 22.2 Å². The normalized spacial score (nSPS) is 12.9. The van der Waals surface area contributed by atoms with Crippen LogP contribution >= 0.6 is 39.1 Å². The number of aliphatic carboxylic acids is 1. The Kier molecular flexibility index (Phi) is 7.64. The maximum absolute atomic E-state index is 12.8. The van der Waals surface area contributed by atoms with Crippen LogP contribution in [0.2, 0.25) is 10.0 Å². The molecule has 1 aliphatic rings. The Morgan fingerprint density at radius 2 is 1.51 bits per heavy atom. The van der Waals surface area contributed by atoms with E-state index in [1.807, 2.05) is 48.5 Å². The second-order valence-electron chi connectivity index (χ2n) is 7.85. The molecule has 1 atom stereocenters. The van der Waals surface area contributed by atoms with E-state index < -0.39 is 30.4 Å². The predicted octanol–water partition coefficient (Wildman–Crippen LogP) is 6.08. The molecule has 0 bridgehead atoms. The topological polar surface area (TPSA) is 105 Å². The van der Waals surface area contributed by atoms with Gasteiger partial charge in [-0.3, -0.25) is 9.59 Å². The fourth-order valence-electron chi connectivity index (χ4n) is 4.04. The highest BCUT2D eigenvalue weighted by Gasteiger charge is 2.30. The van der Waals surface area contributed by atoms with Crippen molar-refractivity contribution < 1.29 is 24.2 Å². The van der Waals surface area contributed by atoms with Crippen LogP contribution < -0.4 is 10.6 Å². The molecule has 7 nitrogen and oxygen atoms in total. The molecule has 0 heterocycles. The smallest absolute Gasteiger partial charge is 0.407 e. The number of ether oxygens (including phenoxy) is 1. The van der Waals surface area contributed by atoms with Crippen LogP contribution in [-0.2, 0) is 14.3 Å². The first kappa shape index (κ1) is 25.0. The van der Waals surface area contributed by atoms with Gasteiger partial charge in [-0.05, 0) is 34.4 Å². The summed E-state index contributed by atoms with van der Waals surface area (Å²) in [5.74, 6) is -2.26. The number of anilines is 1. The number of halogens is 3. The average Bonchev–Trinajstić information content (AvgIpc) is 3.13. The van der Waals surface area contributed by atoms with E-state index in [4.69, 9.17) is 27.9 Å². The van der Waals surface area contributed by atoms with Crippen molar-refractivity contribution in [2.45, 2.75) is 18.4 Å². The zero-order valence-electron chi connectivity index (χ0n) is 18.1. The van der Waals surface area contributed by atoms with E-state index in [1.165, 1.54) is 12.1 Å². The van der Waals surface area contributed by atoms with Crippen molar-refractivity contribution in [3.63, 3.8) is 0 Å². The SMILES string of the molecule is O=C(O)CC(NC(=O)OCC1c2ccccc2-c2ccccc21)C(=O)Nc1c(Cl)cc(Br)cc1Cl. The number of fused-ring (bicyclic) bond motifs is 3. The molecule has 3 aromatic rings. The summed E-state index contributed by atoms with van der Waals surface area (Å²) in [6, 6.07) is 17.4. The molecule has 3 N–H and O–H groups in total. The van der Waals surface area contributed by atoms with Crippen molar-refractivity contribution in [1.29, 1.82) is 0 Å². The molecule has 35 heavy (non-hydrogen) atoms. The van der Waals surface area contributed by atoms with Gasteiger partial charge in [0.2, 0.25) is 5.91 Å². The molecule has 3 aromatic carbocycles. The van der Waals surface area contributed by atoms with Gasteiger partial charge < -0.3 is 20.5 Å². The number of carbonyl (C=O) groups excluding carboxylic acids is 2. The van der Waals surface area contributed by atoms with Crippen molar-refractivity contribution in [2.75, 3.05) is 11.9 Å². The second-order valence-corrected chi connectivity index (χ2v) is 9.58. The molecule has 0 aliphatic heterocycles. The monoisotopic (exact) mass is 576 g/mol. The Hall–Kier alpha value is -3.07. The van der Waals surface area contributed by atoms with Gasteiger partial charge in [-0.2, -0.15) is 0 Å². The predicted molar refractivity (Wildman–Crippen MR) is 137 cm³/mol. The van der Waals surface area contributed by atoms with E-state index in [2.05, 4.69) is 26.6 Å². The zero-order chi connectivity index (χ0) is 25.1. The fourth-order valence-corrected chi connectivity index (χ4v) is 5.34. The number of alkyl carbamates (subject to hydrolysis) is 1. The molecule has 0 saturated heterocycles. The van der Waals surface area contributed by atoms with Crippen LogP contribution in [-0.4, -0.2) is 35.7 Å². The third-order valence-corrected chi connectivity index (χ3v) is 6.64. The summed E-state index contributed by atoms with van der Waals surface area (Å²) in [5.41, 5.74) is 4.31. The maximum Gasteiger partial charge on any atom is 0.407 e. The van der Waals surface area contributed by atoms with Gasteiger partial charge in [0.15, 0.2) is 0 Å². The van der Waals surface area contributed by atoms with Crippen molar-refractivity contribution in [2.24, 2.45) is 0 Å². The summed E-state index contributed by atoms with van der Waals surface area (Å²) in [7, 11) is 0. The first-order valence-corrected chi connectivity index (χ1v) is 12.1. The van der Waals surface area contributed by atoms with Crippen LogP contribution in [0.15, 0.2) is 65.1 Å². The van der Waals surface area contributed by atoms with Gasteiger partial charge >= 0.3 is 12.1 Å². The molecule has 0 fully saturated rings. The molecular weight excluding hydrogens is 559 g/mol. The van der Waals surface area contributed by atoms with Crippen LogP contribution in [0.5, 0.6) is 0 Å².